The van der Waals surface area contributed by atoms with Gasteiger partial charge in [0.05, 0.1) is 12.7 Å². The first-order chi connectivity index (χ1) is 7.81. The van der Waals surface area contributed by atoms with Gasteiger partial charge in [-0.1, -0.05) is 25.0 Å². The summed E-state index contributed by atoms with van der Waals surface area (Å²) in [5, 5.41) is 9.96. The Morgan fingerprint density at radius 1 is 1.19 bits per heavy atom. The minimum Gasteiger partial charge on any atom is -0.494 e. The highest BCUT2D eigenvalue weighted by Crippen LogP contribution is 2.33. The summed E-state index contributed by atoms with van der Waals surface area (Å²) in [5.74, 6) is 1.24. The number of aliphatic hydroxyl groups excluding tert-OH is 1. The summed E-state index contributed by atoms with van der Waals surface area (Å²) in [4.78, 5) is 0. The van der Waals surface area contributed by atoms with Crippen molar-refractivity contribution in [1.82, 2.24) is 0 Å². The van der Waals surface area contributed by atoms with Gasteiger partial charge in [-0.3, -0.25) is 0 Å². The topological polar surface area (TPSA) is 29.5 Å². The van der Waals surface area contributed by atoms with Crippen molar-refractivity contribution in [3.05, 3.63) is 29.8 Å². The van der Waals surface area contributed by atoms with E-state index in [0.29, 0.717) is 12.5 Å². The molecular formula is C14H20O2. The first kappa shape index (κ1) is 11.5. The van der Waals surface area contributed by atoms with Crippen LogP contribution in [-0.2, 0) is 0 Å². The van der Waals surface area contributed by atoms with Gasteiger partial charge in [-0.2, -0.15) is 0 Å². The average Bonchev–Trinajstić information content (AvgIpc) is 2.31. The third-order valence-corrected chi connectivity index (χ3v) is 3.35. The van der Waals surface area contributed by atoms with Crippen LogP contribution in [0.4, 0.5) is 0 Å². The van der Waals surface area contributed by atoms with Crippen LogP contribution in [0.3, 0.4) is 0 Å². The first-order valence-electron chi connectivity index (χ1n) is 6.22. The van der Waals surface area contributed by atoms with Crippen molar-refractivity contribution in [3.8, 4) is 5.75 Å². The minimum absolute atomic E-state index is 0.160. The van der Waals surface area contributed by atoms with Crippen molar-refractivity contribution in [2.45, 2.75) is 44.6 Å². The Morgan fingerprint density at radius 3 is 2.50 bits per heavy atom. The summed E-state index contributed by atoms with van der Waals surface area (Å²) >= 11 is 0. The molecule has 0 spiro atoms. The van der Waals surface area contributed by atoms with E-state index in [0.717, 1.165) is 25.0 Å². The van der Waals surface area contributed by atoms with Crippen molar-refractivity contribution in [1.29, 1.82) is 0 Å². The molecule has 1 N–H and O–H groups in total. The monoisotopic (exact) mass is 220 g/mol. The predicted octanol–water partition coefficient (Wildman–Crippen LogP) is 3.10. The molecule has 2 nitrogen and oxygen atoms in total. The molecule has 0 bridgehead atoms. The van der Waals surface area contributed by atoms with E-state index in [4.69, 9.17) is 4.74 Å². The molecule has 88 valence electrons. The molecule has 0 amide bonds. The molecule has 16 heavy (non-hydrogen) atoms. The maximum atomic E-state index is 9.96. The maximum Gasteiger partial charge on any atom is 0.119 e. The van der Waals surface area contributed by atoms with Crippen LogP contribution in [0.25, 0.3) is 0 Å². The normalized spacial score (nSPS) is 25.4. The maximum absolute atomic E-state index is 9.96. The zero-order valence-corrected chi connectivity index (χ0v) is 9.86. The Morgan fingerprint density at radius 2 is 1.88 bits per heavy atom. The van der Waals surface area contributed by atoms with Crippen molar-refractivity contribution < 1.29 is 9.84 Å². The quantitative estimate of drug-likeness (QED) is 0.848. The Bertz CT molecular complexity index is 318. The average molecular weight is 220 g/mol. The second kappa shape index (κ2) is 5.35. The third kappa shape index (κ3) is 2.56. The molecule has 1 aromatic carbocycles. The number of hydrogen-bond donors (Lipinski definition) is 1. The number of ether oxygens (including phenoxy) is 1. The lowest BCUT2D eigenvalue weighted by Crippen LogP contribution is -2.22. The lowest BCUT2D eigenvalue weighted by Gasteiger charge is -2.27. The molecule has 1 aliphatic rings. The predicted molar refractivity (Wildman–Crippen MR) is 64.8 cm³/mol. The molecule has 1 fully saturated rings. The lowest BCUT2D eigenvalue weighted by atomic mass is 9.82. The summed E-state index contributed by atoms with van der Waals surface area (Å²) in [6.45, 7) is 2.68. The molecule has 2 unspecified atom stereocenters. The summed E-state index contributed by atoms with van der Waals surface area (Å²) in [5.41, 5.74) is 1.25. The summed E-state index contributed by atoms with van der Waals surface area (Å²) < 4.78 is 5.41. The molecule has 0 aliphatic heterocycles. The molecule has 1 saturated carbocycles. The van der Waals surface area contributed by atoms with Crippen molar-refractivity contribution in [2.75, 3.05) is 6.61 Å². The highest BCUT2D eigenvalue weighted by atomic mass is 16.5. The number of hydrogen-bond acceptors (Lipinski definition) is 2. The summed E-state index contributed by atoms with van der Waals surface area (Å²) in [6.07, 6.45) is 4.28. The Hall–Kier alpha value is -1.02. The van der Waals surface area contributed by atoms with Crippen LogP contribution in [0, 0.1) is 0 Å². The third-order valence-electron chi connectivity index (χ3n) is 3.35. The molecule has 1 aromatic rings. The minimum atomic E-state index is -0.160. The van der Waals surface area contributed by atoms with Crippen LogP contribution in [0.2, 0.25) is 0 Å². The van der Waals surface area contributed by atoms with E-state index in [1.807, 2.05) is 19.1 Å². The van der Waals surface area contributed by atoms with Gasteiger partial charge in [0.15, 0.2) is 0 Å². The first-order valence-corrected chi connectivity index (χ1v) is 6.22. The molecule has 0 saturated heterocycles. The van der Waals surface area contributed by atoms with Gasteiger partial charge in [-0.05, 0) is 37.5 Å². The van der Waals surface area contributed by atoms with E-state index in [9.17, 15) is 5.11 Å². The summed E-state index contributed by atoms with van der Waals surface area (Å²) in [6, 6.07) is 8.18. The van der Waals surface area contributed by atoms with Gasteiger partial charge in [0.2, 0.25) is 0 Å². The second-order valence-corrected chi connectivity index (χ2v) is 4.46. The van der Waals surface area contributed by atoms with Gasteiger partial charge >= 0.3 is 0 Å². The highest BCUT2D eigenvalue weighted by molar-refractivity contribution is 5.30. The Balaban J connectivity index is 2.08. The smallest absolute Gasteiger partial charge is 0.119 e. The zero-order chi connectivity index (χ0) is 11.4. The highest BCUT2D eigenvalue weighted by Gasteiger charge is 2.24. The van der Waals surface area contributed by atoms with Gasteiger partial charge in [-0.15, -0.1) is 0 Å². The van der Waals surface area contributed by atoms with E-state index in [2.05, 4.69) is 12.1 Å². The number of benzene rings is 1. The van der Waals surface area contributed by atoms with E-state index in [-0.39, 0.29) is 6.10 Å². The number of rotatable bonds is 3. The van der Waals surface area contributed by atoms with Crippen LogP contribution in [0.15, 0.2) is 24.3 Å². The van der Waals surface area contributed by atoms with Crippen molar-refractivity contribution in [3.63, 3.8) is 0 Å². The zero-order valence-electron chi connectivity index (χ0n) is 9.86. The summed E-state index contributed by atoms with van der Waals surface area (Å²) in [7, 11) is 0. The molecule has 1 aliphatic carbocycles. The van der Waals surface area contributed by atoms with Gasteiger partial charge in [-0.25, -0.2) is 0 Å². The van der Waals surface area contributed by atoms with E-state index in [1.165, 1.54) is 12.0 Å². The Labute approximate surface area is 97.3 Å². The van der Waals surface area contributed by atoms with Crippen molar-refractivity contribution in [2.24, 2.45) is 0 Å². The SMILES string of the molecule is CCOc1ccc(C2CCCCC2O)cc1. The fraction of sp³-hybridized carbons (Fsp3) is 0.571. The molecule has 0 aromatic heterocycles. The van der Waals surface area contributed by atoms with Crippen LogP contribution in [0.5, 0.6) is 5.75 Å². The van der Waals surface area contributed by atoms with E-state index < -0.39 is 0 Å². The molecule has 0 heterocycles. The standard InChI is InChI=1S/C14H20O2/c1-2-16-12-9-7-11(8-10-12)13-5-3-4-6-14(13)15/h7-10,13-15H,2-6H2,1H3. The van der Waals surface area contributed by atoms with Crippen LogP contribution in [0.1, 0.15) is 44.1 Å². The van der Waals surface area contributed by atoms with Crippen LogP contribution in [-0.4, -0.2) is 17.8 Å². The molecule has 2 rings (SSSR count). The van der Waals surface area contributed by atoms with Gasteiger partial charge in [0, 0.05) is 5.92 Å². The van der Waals surface area contributed by atoms with E-state index in [1.54, 1.807) is 0 Å². The van der Waals surface area contributed by atoms with Gasteiger partial charge < -0.3 is 9.84 Å². The van der Waals surface area contributed by atoms with Crippen LogP contribution >= 0.6 is 0 Å². The van der Waals surface area contributed by atoms with Gasteiger partial charge in [0.25, 0.3) is 0 Å². The molecule has 0 radical (unpaired) electrons. The lowest BCUT2D eigenvalue weighted by molar-refractivity contribution is 0.106. The van der Waals surface area contributed by atoms with Crippen LogP contribution < -0.4 is 4.74 Å². The van der Waals surface area contributed by atoms with E-state index >= 15 is 0 Å². The molecular weight excluding hydrogens is 200 g/mol. The van der Waals surface area contributed by atoms with Gasteiger partial charge in [0.1, 0.15) is 5.75 Å². The van der Waals surface area contributed by atoms with Crippen molar-refractivity contribution >= 4 is 0 Å². The fourth-order valence-corrected chi connectivity index (χ4v) is 2.48. The second-order valence-electron chi connectivity index (χ2n) is 4.46. The largest absolute Gasteiger partial charge is 0.494 e. The fourth-order valence-electron chi connectivity index (χ4n) is 2.48. The molecule has 2 atom stereocenters. The number of aliphatic hydroxyl groups is 1. The Kier molecular flexibility index (Phi) is 3.83. The molecule has 2 heteroatoms.